The van der Waals surface area contributed by atoms with Crippen LogP contribution in [0.4, 0.5) is 15.9 Å². The number of aromatic nitrogens is 1. The van der Waals surface area contributed by atoms with Gasteiger partial charge in [-0.1, -0.05) is 11.6 Å². The predicted molar refractivity (Wildman–Crippen MR) is 93.1 cm³/mol. The van der Waals surface area contributed by atoms with Gasteiger partial charge in [0.15, 0.2) is 0 Å². The molecule has 126 valence electrons. The molecule has 8 heteroatoms. The van der Waals surface area contributed by atoms with E-state index in [0.29, 0.717) is 22.8 Å². The largest absolute Gasteiger partial charge is 0.322 e. The maximum Gasteiger partial charge on any atom is 0.255 e. The quantitative estimate of drug-likeness (QED) is 0.846. The van der Waals surface area contributed by atoms with Gasteiger partial charge in [0.25, 0.3) is 5.91 Å². The molecule has 1 unspecified atom stereocenters. The molecule has 0 spiro atoms. The first kappa shape index (κ1) is 16.9. The number of nitrogens with one attached hydrogen (secondary N) is 2. The minimum absolute atomic E-state index is 0.0686. The number of carbonyl (C=O) groups excluding carboxylic acids is 1. The van der Waals surface area contributed by atoms with E-state index in [2.05, 4.69) is 15.0 Å². The number of benzene rings is 1. The van der Waals surface area contributed by atoms with E-state index in [4.69, 9.17) is 11.6 Å². The van der Waals surface area contributed by atoms with Crippen molar-refractivity contribution in [3.63, 3.8) is 0 Å². The van der Waals surface area contributed by atoms with Gasteiger partial charge in [-0.3, -0.25) is 9.52 Å². The zero-order valence-corrected chi connectivity index (χ0v) is 14.4. The minimum Gasteiger partial charge on any atom is -0.322 e. The first-order chi connectivity index (χ1) is 11.4. The topological polar surface area (TPSA) is 71.1 Å². The third-order valence-corrected chi connectivity index (χ3v) is 5.20. The zero-order valence-electron chi connectivity index (χ0n) is 12.8. The second-order valence-electron chi connectivity index (χ2n) is 5.56. The summed E-state index contributed by atoms with van der Waals surface area (Å²) in [5.41, 5.74) is 1.37. The number of aryl methyl sites for hydroxylation is 1. The Morgan fingerprint density at radius 3 is 2.75 bits per heavy atom. The SMILES string of the molecule is Cc1cc(C(=O)Nc2ccc(F)c(Cl)c2)cc(NS(=O)C2CC2)n1. The average Bonchev–Trinajstić information content (AvgIpc) is 3.35. The summed E-state index contributed by atoms with van der Waals surface area (Å²) < 4.78 is 27.9. The van der Waals surface area contributed by atoms with Crippen LogP contribution in [0.3, 0.4) is 0 Å². The Balaban J connectivity index is 1.77. The van der Waals surface area contributed by atoms with Crippen molar-refractivity contribution in [2.75, 3.05) is 10.0 Å². The fourth-order valence-corrected chi connectivity index (χ4v) is 3.32. The van der Waals surface area contributed by atoms with Crippen molar-refractivity contribution in [2.45, 2.75) is 25.0 Å². The fraction of sp³-hybridized carbons (Fsp3) is 0.250. The Morgan fingerprint density at radius 1 is 1.33 bits per heavy atom. The highest BCUT2D eigenvalue weighted by molar-refractivity contribution is 7.87. The summed E-state index contributed by atoms with van der Waals surface area (Å²) in [7, 11) is -1.19. The van der Waals surface area contributed by atoms with Gasteiger partial charge >= 0.3 is 0 Å². The number of pyridine rings is 1. The number of rotatable bonds is 5. The number of halogens is 2. The second kappa shape index (κ2) is 6.86. The van der Waals surface area contributed by atoms with Gasteiger partial charge in [-0.2, -0.15) is 0 Å². The maximum atomic E-state index is 13.2. The van der Waals surface area contributed by atoms with Crippen molar-refractivity contribution in [3.05, 3.63) is 52.4 Å². The summed E-state index contributed by atoms with van der Waals surface area (Å²) >= 11 is 5.71. The van der Waals surface area contributed by atoms with E-state index in [1.807, 2.05) is 0 Å². The van der Waals surface area contributed by atoms with Gasteiger partial charge in [0.1, 0.15) is 22.6 Å². The second-order valence-corrected chi connectivity index (χ2v) is 7.44. The molecule has 1 aliphatic rings. The third-order valence-electron chi connectivity index (χ3n) is 3.43. The van der Waals surface area contributed by atoms with E-state index >= 15 is 0 Å². The molecular formula is C16H15ClFN3O2S. The number of anilines is 2. The van der Waals surface area contributed by atoms with Crippen molar-refractivity contribution < 1.29 is 13.4 Å². The molecule has 1 aromatic heterocycles. The molecule has 1 aromatic carbocycles. The number of amides is 1. The van der Waals surface area contributed by atoms with Gasteiger partial charge in [-0.25, -0.2) is 13.6 Å². The first-order valence-corrected chi connectivity index (χ1v) is 8.94. The fourth-order valence-electron chi connectivity index (χ4n) is 2.10. The Labute approximate surface area is 146 Å². The first-order valence-electron chi connectivity index (χ1n) is 7.35. The summed E-state index contributed by atoms with van der Waals surface area (Å²) in [6.45, 7) is 1.75. The minimum atomic E-state index is -1.19. The predicted octanol–water partition coefficient (Wildman–Crippen LogP) is 3.67. The zero-order chi connectivity index (χ0) is 17.3. The van der Waals surface area contributed by atoms with Crippen molar-refractivity contribution in [1.82, 2.24) is 4.98 Å². The van der Waals surface area contributed by atoms with E-state index < -0.39 is 16.8 Å². The molecule has 1 heterocycles. The lowest BCUT2D eigenvalue weighted by Crippen LogP contribution is -2.15. The molecule has 0 aliphatic heterocycles. The van der Waals surface area contributed by atoms with E-state index in [0.717, 1.165) is 12.8 Å². The highest BCUT2D eigenvalue weighted by Crippen LogP contribution is 2.27. The Bertz CT molecular complexity index is 827. The molecular weight excluding hydrogens is 353 g/mol. The van der Waals surface area contributed by atoms with Gasteiger partial charge in [0, 0.05) is 16.9 Å². The van der Waals surface area contributed by atoms with Crippen LogP contribution in [0.15, 0.2) is 30.3 Å². The van der Waals surface area contributed by atoms with E-state index in [1.165, 1.54) is 24.3 Å². The van der Waals surface area contributed by atoms with Crippen LogP contribution < -0.4 is 10.0 Å². The molecule has 1 amide bonds. The Kier molecular flexibility index (Phi) is 4.82. The molecule has 0 radical (unpaired) electrons. The highest BCUT2D eigenvalue weighted by Gasteiger charge is 2.29. The number of nitrogens with zero attached hydrogens (tertiary/aromatic N) is 1. The van der Waals surface area contributed by atoms with Crippen LogP contribution in [0, 0.1) is 12.7 Å². The molecule has 5 nitrogen and oxygen atoms in total. The number of hydrogen-bond donors (Lipinski definition) is 2. The van der Waals surface area contributed by atoms with Gasteiger partial charge in [0.2, 0.25) is 0 Å². The molecule has 0 saturated heterocycles. The van der Waals surface area contributed by atoms with Crippen LogP contribution >= 0.6 is 11.6 Å². The van der Waals surface area contributed by atoms with Gasteiger partial charge in [-0.15, -0.1) is 0 Å². The molecule has 1 fully saturated rings. The van der Waals surface area contributed by atoms with Crippen LogP contribution in [0.5, 0.6) is 0 Å². The summed E-state index contributed by atoms with van der Waals surface area (Å²) in [4.78, 5) is 16.6. The monoisotopic (exact) mass is 367 g/mol. The van der Waals surface area contributed by atoms with Crippen LogP contribution in [0.1, 0.15) is 28.9 Å². The van der Waals surface area contributed by atoms with Crippen LogP contribution in [-0.2, 0) is 11.0 Å². The summed E-state index contributed by atoms with van der Waals surface area (Å²) in [6, 6.07) is 7.10. The van der Waals surface area contributed by atoms with Gasteiger partial charge in [0.05, 0.1) is 10.3 Å². The molecule has 1 atom stereocenters. The summed E-state index contributed by atoms with van der Waals surface area (Å²) in [6.07, 6.45) is 1.87. The maximum absolute atomic E-state index is 13.2. The molecule has 2 aromatic rings. The lowest BCUT2D eigenvalue weighted by molar-refractivity contribution is 0.102. The molecule has 1 aliphatic carbocycles. The van der Waals surface area contributed by atoms with Crippen molar-refractivity contribution in [2.24, 2.45) is 0 Å². The highest BCUT2D eigenvalue weighted by atomic mass is 35.5. The molecule has 24 heavy (non-hydrogen) atoms. The van der Waals surface area contributed by atoms with Crippen molar-refractivity contribution in [3.8, 4) is 0 Å². The van der Waals surface area contributed by atoms with Crippen LogP contribution in [0.2, 0.25) is 5.02 Å². The van der Waals surface area contributed by atoms with Crippen molar-refractivity contribution >= 4 is 40.0 Å². The van der Waals surface area contributed by atoms with Crippen LogP contribution in [0.25, 0.3) is 0 Å². The Morgan fingerprint density at radius 2 is 2.08 bits per heavy atom. The van der Waals surface area contributed by atoms with E-state index in [1.54, 1.807) is 13.0 Å². The van der Waals surface area contributed by atoms with Crippen LogP contribution in [-0.4, -0.2) is 20.3 Å². The lowest BCUT2D eigenvalue weighted by atomic mass is 10.2. The molecule has 2 N–H and O–H groups in total. The van der Waals surface area contributed by atoms with Crippen molar-refractivity contribution in [1.29, 1.82) is 0 Å². The normalized spacial score (nSPS) is 15.0. The average molecular weight is 368 g/mol. The summed E-state index contributed by atoms with van der Waals surface area (Å²) in [5.74, 6) is -0.547. The van der Waals surface area contributed by atoms with E-state index in [-0.39, 0.29) is 16.2 Å². The summed E-state index contributed by atoms with van der Waals surface area (Å²) in [5, 5.41) is 2.74. The standard InChI is InChI=1S/C16H15ClFN3O2S/c1-9-6-10(7-15(19-9)21-24(23)12-3-4-12)16(22)20-11-2-5-14(18)13(17)8-11/h2,5-8,12H,3-4H2,1H3,(H,19,21)(H,20,22). The smallest absolute Gasteiger partial charge is 0.255 e. The molecule has 1 saturated carbocycles. The number of hydrogen-bond acceptors (Lipinski definition) is 3. The molecule has 3 rings (SSSR count). The van der Waals surface area contributed by atoms with E-state index in [9.17, 15) is 13.4 Å². The Hall–Kier alpha value is -1.99. The van der Waals surface area contributed by atoms with Gasteiger partial charge in [-0.05, 0) is 50.1 Å². The third kappa shape index (κ3) is 4.10. The molecule has 0 bridgehead atoms. The number of carbonyl (C=O) groups is 1. The van der Waals surface area contributed by atoms with Gasteiger partial charge < -0.3 is 5.32 Å². The lowest BCUT2D eigenvalue weighted by Gasteiger charge is -2.10.